The van der Waals surface area contributed by atoms with Crippen LogP contribution in [-0.2, 0) is 4.79 Å². The van der Waals surface area contributed by atoms with Crippen molar-refractivity contribution in [1.29, 1.82) is 0 Å². The number of hydrogen-bond donors (Lipinski definition) is 2. The van der Waals surface area contributed by atoms with Crippen molar-refractivity contribution in [2.45, 2.75) is 45.1 Å². The van der Waals surface area contributed by atoms with Gasteiger partial charge in [0.05, 0.1) is 6.04 Å². The van der Waals surface area contributed by atoms with Gasteiger partial charge in [0, 0.05) is 18.8 Å². The van der Waals surface area contributed by atoms with Crippen molar-refractivity contribution in [1.82, 2.24) is 15.3 Å². The number of rotatable bonds is 4. The van der Waals surface area contributed by atoms with Gasteiger partial charge in [-0.15, -0.1) is 0 Å². The zero-order valence-electron chi connectivity index (χ0n) is 10.2. The number of carbonyl (C=O) groups is 1. The van der Waals surface area contributed by atoms with E-state index in [1.807, 2.05) is 6.92 Å². The number of aromatic nitrogens is 2. The highest BCUT2D eigenvalue weighted by atomic mass is 16.1. The first kappa shape index (κ1) is 11.9. The van der Waals surface area contributed by atoms with Crippen LogP contribution in [0.5, 0.6) is 0 Å². The first-order valence-electron chi connectivity index (χ1n) is 6.22. The number of nitrogens with zero attached hydrogens (tertiary/aromatic N) is 1. The third-order valence-corrected chi connectivity index (χ3v) is 3.08. The van der Waals surface area contributed by atoms with Gasteiger partial charge in [-0.2, -0.15) is 0 Å². The molecule has 1 aromatic rings. The second kappa shape index (κ2) is 5.66. The summed E-state index contributed by atoms with van der Waals surface area (Å²) in [5.41, 5.74) is 1.28. The molecule has 0 saturated heterocycles. The molecule has 0 aliphatic heterocycles. The van der Waals surface area contributed by atoms with Gasteiger partial charge in [-0.3, -0.25) is 4.79 Å². The van der Waals surface area contributed by atoms with E-state index < -0.39 is 0 Å². The van der Waals surface area contributed by atoms with Crippen LogP contribution in [0.2, 0.25) is 0 Å². The fraction of sp³-hybridized carbons (Fsp3) is 0.538. The van der Waals surface area contributed by atoms with Crippen LogP contribution in [0.4, 0.5) is 0 Å². The summed E-state index contributed by atoms with van der Waals surface area (Å²) in [5, 5.41) is 2.96. The molecule has 0 aromatic carbocycles. The molecule has 2 N–H and O–H groups in total. The monoisotopic (exact) mass is 233 g/mol. The first-order valence-corrected chi connectivity index (χ1v) is 6.22. The summed E-state index contributed by atoms with van der Waals surface area (Å²) in [4.78, 5) is 19.0. The zero-order valence-corrected chi connectivity index (χ0v) is 10.2. The van der Waals surface area contributed by atoms with Gasteiger partial charge in [-0.1, -0.05) is 11.6 Å². The number of amides is 1. The van der Waals surface area contributed by atoms with Crippen LogP contribution in [0.3, 0.4) is 0 Å². The molecule has 4 heteroatoms. The molecule has 1 unspecified atom stereocenters. The van der Waals surface area contributed by atoms with Gasteiger partial charge in [-0.25, -0.2) is 4.98 Å². The highest BCUT2D eigenvalue weighted by Gasteiger charge is 2.13. The third-order valence-electron chi connectivity index (χ3n) is 3.08. The van der Waals surface area contributed by atoms with E-state index in [1.165, 1.54) is 18.4 Å². The molecule has 1 aromatic heterocycles. The molecular formula is C13H19N3O. The van der Waals surface area contributed by atoms with Gasteiger partial charge < -0.3 is 10.3 Å². The number of imidazole rings is 1. The number of nitrogens with one attached hydrogen (secondary N) is 2. The fourth-order valence-corrected chi connectivity index (χ4v) is 2.15. The molecule has 0 fully saturated rings. The maximum absolute atomic E-state index is 11.8. The summed E-state index contributed by atoms with van der Waals surface area (Å²) in [5.74, 6) is 0.887. The van der Waals surface area contributed by atoms with E-state index in [1.54, 1.807) is 12.4 Å². The molecule has 0 bridgehead atoms. The van der Waals surface area contributed by atoms with Crippen molar-refractivity contribution >= 4 is 5.91 Å². The molecule has 1 aliphatic carbocycles. The molecule has 1 amide bonds. The van der Waals surface area contributed by atoms with Gasteiger partial charge in [0.1, 0.15) is 5.82 Å². The van der Waals surface area contributed by atoms with Crippen molar-refractivity contribution < 1.29 is 4.79 Å². The van der Waals surface area contributed by atoms with E-state index in [2.05, 4.69) is 21.4 Å². The molecule has 92 valence electrons. The Morgan fingerprint density at radius 3 is 3.12 bits per heavy atom. The smallest absolute Gasteiger partial charge is 0.224 e. The number of carbonyl (C=O) groups excluding carboxylic acids is 1. The third kappa shape index (κ3) is 3.44. The lowest BCUT2D eigenvalue weighted by Crippen LogP contribution is -2.27. The van der Waals surface area contributed by atoms with Crippen LogP contribution < -0.4 is 5.32 Å². The van der Waals surface area contributed by atoms with Gasteiger partial charge >= 0.3 is 0 Å². The van der Waals surface area contributed by atoms with Crippen LogP contribution in [0.1, 0.15) is 50.9 Å². The van der Waals surface area contributed by atoms with E-state index in [-0.39, 0.29) is 11.9 Å². The summed E-state index contributed by atoms with van der Waals surface area (Å²) < 4.78 is 0. The normalized spacial score (nSPS) is 17.4. The molecular weight excluding hydrogens is 214 g/mol. The van der Waals surface area contributed by atoms with E-state index in [9.17, 15) is 4.79 Å². The highest BCUT2D eigenvalue weighted by molar-refractivity contribution is 5.78. The Hall–Kier alpha value is -1.58. The quantitative estimate of drug-likeness (QED) is 0.785. The lowest BCUT2D eigenvalue weighted by atomic mass is 9.97. The Morgan fingerprint density at radius 2 is 2.47 bits per heavy atom. The largest absolute Gasteiger partial charge is 0.347 e. The number of hydrogen-bond acceptors (Lipinski definition) is 2. The molecule has 1 aliphatic rings. The molecule has 2 rings (SSSR count). The minimum Gasteiger partial charge on any atom is -0.347 e. The molecule has 0 radical (unpaired) electrons. The Bertz CT molecular complexity index is 395. The molecule has 0 spiro atoms. The SMILES string of the molecule is CC(NC(=O)CC1=CCCCC1)c1ncc[nH]1. The number of H-pyrrole nitrogens is 1. The average Bonchev–Trinajstić information content (AvgIpc) is 2.83. The summed E-state index contributed by atoms with van der Waals surface area (Å²) in [6.45, 7) is 1.94. The number of allylic oxidation sites excluding steroid dienone is 1. The highest BCUT2D eigenvalue weighted by Crippen LogP contribution is 2.20. The molecule has 1 heterocycles. The van der Waals surface area contributed by atoms with Gasteiger partial charge in [0.15, 0.2) is 0 Å². The Kier molecular flexibility index (Phi) is 3.96. The number of aromatic amines is 1. The molecule has 0 saturated carbocycles. The molecule has 4 nitrogen and oxygen atoms in total. The minimum atomic E-state index is -0.0540. The lowest BCUT2D eigenvalue weighted by molar-refractivity contribution is -0.121. The average molecular weight is 233 g/mol. The maximum atomic E-state index is 11.8. The second-order valence-electron chi connectivity index (χ2n) is 4.55. The predicted octanol–water partition coefficient (Wildman–Crippen LogP) is 2.48. The zero-order chi connectivity index (χ0) is 12.1. The van der Waals surface area contributed by atoms with Crippen LogP contribution in [0, 0.1) is 0 Å². The van der Waals surface area contributed by atoms with Crippen molar-refractivity contribution in [2.75, 3.05) is 0 Å². The van der Waals surface area contributed by atoms with Crippen LogP contribution in [-0.4, -0.2) is 15.9 Å². The standard InChI is InChI=1S/C13H19N3O/c1-10(13-14-7-8-15-13)16-12(17)9-11-5-3-2-4-6-11/h5,7-8,10H,2-4,6,9H2,1H3,(H,14,15)(H,16,17). The minimum absolute atomic E-state index is 0.0540. The first-order chi connectivity index (χ1) is 8.25. The Morgan fingerprint density at radius 1 is 1.59 bits per heavy atom. The summed E-state index contributed by atoms with van der Waals surface area (Å²) in [6, 6.07) is -0.0540. The van der Waals surface area contributed by atoms with E-state index in [4.69, 9.17) is 0 Å². The van der Waals surface area contributed by atoms with Crippen molar-refractivity contribution in [3.63, 3.8) is 0 Å². The Labute approximate surface area is 102 Å². The summed E-state index contributed by atoms with van der Waals surface area (Å²) in [7, 11) is 0. The van der Waals surface area contributed by atoms with Gasteiger partial charge in [0.25, 0.3) is 0 Å². The predicted molar refractivity (Wildman–Crippen MR) is 66.3 cm³/mol. The van der Waals surface area contributed by atoms with E-state index >= 15 is 0 Å². The summed E-state index contributed by atoms with van der Waals surface area (Å²) >= 11 is 0. The van der Waals surface area contributed by atoms with Gasteiger partial charge in [-0.05, 0) is 32.6 Å². The van der Waals surface area contributed by atoms with Crippen LogP contribution in [0.15, 0.2) is 24.0 Å². The second-order valence-corrected chi connectivity index (χ2v) is 4.55. The molecule has 17 heavy (non-hydrogen) atoms. The molecule has 1 atom stereocenters. The van der Waals surface area contributed by atoms with Crippen molar-refractivity contribution in [3.05, 3.63) is 29.9 Å². The van der Waals surface area contributed by atoms with Crippen molar-refractivity contribution in [3.8, 4) is 0 Å². The fourth-order valence-electron chi connectivity index (χ4n) is 2.15. The van der Waals surface area contributed by atoms with Crippen LogP contribution in [0.25, 0.3) is 0 Å². The van der Waals surface area contributed by atoms with Gasteiger partial charge in [0.2, 0.25) is 5.91 Å². The van der Waals surface area contributed by atoms with Crippen molar-refractivity contribution in [2.24, 2.45) is 0 Å². The summed E-state index contributed by atoms with van der Waals surface area (Å²) in [6.07, 6.45) is 10.9. The van der Waals surface area contributed by atoms with E-state index in [0.29, 0.717) is 6.42 Å². The lowest BCUT2D eigenvalue weighted by Gasteiger charge is -2.15. The maximum Gasteiger partial charge on any atom is 0.224 e. The Balaban J connectivity index is 1.83. The van der Waals surface area contributed by atoms with E-state index in [0.717, 1.165) is 18.7 Å². The topological polar surface area (TPSA) is 57.8 Å². The van der Waals surface area contributed by atoms with Crippen LogP contribution >= 0.6 is 0 Å².